The second-order valence-corrected chi connectivity index (χ2v) is 8.64. The number of amides is 1. The van der Waals surface area contributed by atoms with Gasteiger partial charge in [-0.15, -0.1) is 0 Å². The average Bonchev–Trinajstić information content (AvgIpc) is 3.32. The second kappa shape index (κ2) is 9.29. The molecule has 0 unspecified atom stereocenters. The van der Waals surface area contributed by atoms with E-state index in [9.17, 15) is 14.0 Å². The zero-order valence-corrected chi connectivity index (χ0v) is 20.1. The first-order valence-electron chi connectivity index (χ1n) is 11.7. The highest BCUT2D eigenvalue weighted by molar-refractivity contribution is 6.05. The summed E-state index contributed by atoms with van der Waals surface area (Å²) < 4.78 is 22.8. The van der Waals surface area contributed by atoms with Crippen molar-refractivity contribution in [1.29, 1.82) is 0 Å². The molecule has 8 nitrogen and oxygen atoms in total. The fraction of sp³-hybridized carbons (Fsp3) is 0.0345. The van der Waals surface area contributed by atoms with E-state index in [-0.39, 0.29) is 5.56 Å². The lowest BCUT2D eigenvalue weighted by molar-refractivity contribution is 0.102. The van der Waals surface area contributed by atoms with Gasteiger partial charge in [-0.25, -0.2) is 14.4 Å². The highest BCUT2D eigenvalue weighted by atomic mass is 19.1. The third-order valence-electron chi connectivity index (χ3n) is 6.16. The van der Waals surface area contributed by atoms with Gasteiger partial charge >= 0.3 is 0 Å². The number of pyridine rings is 3. The molecule has 0 aliphatic heterocycles. The standard InChI is InChI=1S/C29H20FN5O3/c1-34-16-13-23-25(12-15-32-27(23)34)38-22-10-6-20(7-11-22)33-28(36)24-17-18-3-2-14-31-26(18)35(29(24)37)21-8-4-19(30)5-9-21/h2-17H,1H3,(H,33,36). The van der Waals surface area contributed by atoms with E-state index in [1.807, 2.05) is 23.9 Å². The molecule has 6 rings (SSSR count). The lowest BCUT2D eigenvalue weighted by Gasteiger charge is -2.13. The summed E-state index contributed by atoms with van der Waals surface area (Å²) in [4.78, 5) is 35.3. The Bertz CT molecular complexity index is 1880. The molecule has 0 atom stereocenters. The van der Waals surface area contributed by atoms with Gasteiger partial charge in [0.25, 0.3) is 11.5 Å². The summed E-state index contributed by atoms with van der Waals surface area (Å²) in [6, 6.07) is 21.0. The van der Waals surface area contributed by atoms with Crippen LogP contribution in [0.15, 0.2) is 102 Å². The minimum atomic E-state index is -0.578. The van der Waals surface area contributed by atoms with Gasteiger partial charge in [-0.05, 0) is 78.9 Å². The molecule has 0 saturated carbocycles. The summed E-state index contributed by atoms with van der Waals surface area (Å²) in [5.41, 5.74) is 1.43. The number of fused-ring (bicyclic) bond motifs is 2. The van der Waals surface area contributed by atoms with Crippen molar-refractivity contribution >= 4 is 33.7 Å². The number of carbonyl (C=O) groups is 1. The zero-order chi connectivity index (χ0) is 26.2. The molecule has 0 spiro atoms. The lowest BCUT2D eigenvalue weighted by atomic mass is 10.1. The number of carbonyl (C=O) groups excluding carboxylic acids is 1. The maximum atomic E-state index is 13.5. The van der Waals surface area contributed by atoms with Crippen molar-refractivity contribution in [1.82, 2.24) is 19.1 Å². The van der Waals surface area contributed by atoms with Gasteiger partial charge in [-0.3, -0.25) is 14.2 Å². The number of benzene rings is 2. The van der Waals surface area contributed by atoms with Crippen molar-refractivity contribution < 1.29 is 13.9 Å². The van der Waals surface area contributed by atoms with E-state index in [2.05, 4.69) is 15.3 Å². The Hall–Kier alpha value is -5.31. The van der Waals surface area contributed by atoms with Crippen molar-refractivity contribution in [2.75, 3.05) is 5.32 Å². The van der Waals surface area contributed by atoms with Gasteiger partial charge in [0.05, 0.1) is 11.1 Å². The Morgan fingerprint density at radius 2 is 1.68 bits per heavy atom. The van der Waals surface area contributed by atoms with Crippen LogP contribution in [0.3, 0.4) is 0 Å². The van der Waals surface area contributed by atoms with Crippen molar-refractivity contribution in [2.24, 2.45) is 7.05 Å². The van der Waals surface area contributed by atoms with E-state index in [4.69, 9.17) is 4.74 Å². The number of aryl methyl sites for hydroxylation is 1. The van der Waals surface area contributed by atoms with Gasteiger partial charge in [0.1, 0.15) is 34.2 Å². The van der Waals surface area contributed by atoms with Crippen molar-refractivity contribution in [2.45, 2.75) is 0 Å². The molecule has 2 aromatic carbocycles. The SMILES string of the molecule is Cn1ccc2c(Oc3ccc(NC(=O)c4cc5cccnc5n(-c5ccc(F)cc5)c4=O)cc3)ccnc21. The van der Waals surface area contributed by atoms with Gasteiger partial charge in [-0.2, -0.15) is 0 Å². The van der Waals surface area contributed by atoms with Crippen molar-refractivity contribution in [3.05, 3.63) is 119 Å². The molecular formula is C29H20FN5O3. The average molecular weight is 506 g/mol. The molecule has 0 aliphatic rings. The van der Waals surface area contributed by atoms with Crippen molar-refractivity contribution in [3.8, 4) is 17.2 Å². The Kier molecular flexibility index (Phi) is 5.65. The van der Waals surface area contributed by atoms with E-state index >= 15 is 0 Å². The Morgan fingerprint density at radius 1 is 0.921 bits per heavy atom. The van der Waals surface area contributed by atoms with Gasteiger partial charge in [0, 0.05) is 36.7 Å². The molecule has 0 bridgehead atoms. The Labute approximate surface area is 215 Å². The van der Waals surface area contributed by atoms with Crippen LogP contribution in [-0.2, 0) is 7.05 Å². The van der Waals surface area contributed by atoms with Crippen molar-refractivity contribution in [3.63, 3.8) is 0 Å². The van der Waals surface area contributed by atoms with Crippen LogP contribution in [0.25, 0.3) is 27.8 Å². The summed E-state index contributed by atoms with van der Waals surface area (Å²) in [6.07, 6.45) is 5.15. The summed E-state index contributed by atoms with van der Waals surface area (Å²) in [6.45, 7) is 0. The molecule has 6 aromatic rings. The molecule has 4 heterocycles. The van der Waals surface area contributed by atoms with Crippen LogP contribution >= 0.6 is 0 Å². The van der Waals surface area contributed by atoms with E-state index in [1.54, 1.807) is 54.9 Å². The van der Waals surface area contributed by atoms with Gasteiger partial charge in [-0.1, -0.05) is 0 Å². The smallest absolute Gasteiger partial charge is 0.269 e. The van der Waals surface area contributed by atoms with Crippen LogP contribution in [-0.4, -0.2) is 25.0 Å². The first-order valence-corrected chi connectivity index (χ1v) is 11.7. The number of hydrogen-bond donors (Lipinski definition) is 1. The van der Waals surface area contributed by atoms with Crippen LogP contribution in [0, 0.1) is 5.82 Å². The van der Waals surface area contributed by atoms with E-state index in [1.165, 1.54) is 34.9 Å². The molecule has 0 fully saturated rings. The lowest BCUT2D eigenvalue weighted by Crippen LogP contribution is -2.29. The van der Waals surface area contributed by atoms with E-state index in [0.29, 0.717) is 33.9 Å². The van der Waals surface area contributed by atoms with Crippen LogP contribution in [0.2, 0.25) is 0 Å². The third-order valence-corrected chi connectivity index (χ3v) is 6.16. The molecule has 4 aromatic heterocycles. The largest absolute Gasteiger partial charge is 0.457 e. The summed E-state index contributed by atoms with van der Waals surface area (Å²) in [5, 5.41) is 4.25. The third kappa shape index (κ3) is 4.16. The fourth-order valence-corrected chi connectivity index (χ4v) is 4.30. The van der Waals surface area contributed by atoms with Crippen LogP contribution in [0.1, 0.15) is 10.4 Å². The predicted octanol–water partition coefficient (Wildman–Crippen LogP) is 5.46. The Morgan fingerprint density at radius 3 is 2.47 bits per heavy atom. The fourth-order valence-electron chi connectivity index (χ4n) is 4.30. The first-order chi connectivity index (χ1) is 18.5. The number of aromatic nitrogens is 4. The summed E-state index contributed by atoms with van der Waals surface area (Å²) in [5.74, 6) is 0.233. The number of rotatable bonds is 5. The quantitative estimate of drug-likeness (QED) is 0.336. The minimum Gasteiger partial charge on any atom is -0.457 e. The maximum Gasteiger partial charge on any atom is 0.269 e. The molecule has 9 heteroatoms. The number of halogens is 1. The topological polar surface area (TPSA) is 91.0 Å². The number of nitrogens with one attached hydrogen (secondary N) is 1. The minimum absolute atomic E-state index is 0.0709. The molecule has 0 aliphatic carbocycles. The highest BCUT2D eigenvalue weighted by Gasteiger charge is 2.18. The zero-order valence-electron chi connectivity index (χ0n) is 20.1. The van der Waals surface area contributed by atoms with Gasteiger partial charge in [0.2, 0.25) is 0 Å². The number of anilines is 1. The monoisotopic (exact) mass is 505 g/mol. The Balaban J connectivity index is 1.29. The predicted molar refractivity (Wildman–Crippen MR) is 142 cm³/mol. The second-order valence-electron chi connectivity index (χ2n) is 8.64. The molecule has 186 valence electrons. The van der Waals surface area contributed by atoms with Crippen LogP contribution in [0.5, 0.6) is 11.5 Å². The van der Waals surface area contributed by atoms with Crippen LogP contribution in [0.4, 0.5) is 10.1 Å². The molecular weight excluding hydrogens is 485 g/mol. The molecule has 38 heavy (non-hydrogen) atoms. The normalized spacial score (nSPS) is 11.1. The number of hydrogen-bond acceptors (Lipinski definition) is 5. The maximum absolute atomic E-state index is 13.5. The number of ether oxygens (including phenoxy) is 1. The van der Waals surface area contributed by atoms with E-state index in [0.717, 1.165) is 11.0 Å². The molecule has 1 amide bonds. The molecule has 1 N–H and O–H groups in total. The molecule has 0 saturated heterocycles. The summed E-state index contributed by atoms with van der Waals surface area (Å²) >= 11 is 0. The van der Waals surface area contributed by atoms with Crippen LogP contribution < -0.4 is 15.6 Å². The van der Waals surface area contributed by atoms with E-state index < -0.39 is 17.3 Å². The summed E-state index contributed by atoms with van der Waals surface area (Å²) in [7, 11) is 1.91. The van der Waals surface area contributed by atoms with Gasteiger partial charge in [0.15, 0.2) is 0 Å². The first kappa shape index (κ1) is 23.1. The van der Waals surface area contributed by atoms with Gasteiger partial charge < -0.3 is 14.6 Å². The highest BCUT2D eigenvalue weighted by Crippen LogP contribution is 2.29. The number of nitrogens with zero attached hydrogens (tertiary/aromatic N) is 4. The molecule has 0 radical (unpaired) electrons.